The van der Waals surface area contributed by atoms with Gasteiger partial charge in [-0.2, -0.15) is 0 Å². The van der Waals surface area contributed by atoms with Gasteiger partial charge in [-0.15, -0.1) is 0 Å². The number of ether oxygens (including phenoxy) is 1. The van der Waals surface area contributed by atoms with Gasteiger partial charge in [-0.1, -0.05) is 6.42 Å². The minimum atomic E-state index is -0.0925. The summed E-state index contributed by atoms with van der Waals surface area (Å²) in [6.07, 6.45) is 5.73. The zero-order valence-corrected chi connectivity index (χ0v) is 10.7. The minimum absolute atomic E-state index is 0.0925. The van der Waals surface area contributed by atoms with Gasteiger partial charge in [0.25, 0.3) is 0 Å². The molecule has 1 saturated heterocycles. The van der Waals surface area contributed by atoms with Gasteiger partial charge in [-0.05, 0) is 25.7 Å². The van der Waals surface area contributed by atoms with Crippen LogP contribution < -0.4 is 10.6 Å². The topological polar surface area (TPSA) is 70.6 Å². The van der Waals surface area contributed by atoms with Gasteiger partial charge in [0.2, 0.25) is 0 Å². The van der Waals surface area contributed by atoms with E-state index in [1.165, 1.54) is 19.3 Å². The van der Waals surface area contributed by atoms with Crippen molar-refractivity contribution in [2.75, 3.05) is 19.8 Å². The maximum absolute atomic E-state index is 11.8. The van der Waals surface area contributed by atoms with E-state index in [0.717, 1.165) is 13.0 Å². The number of urea groups is 1. The molecule has 5 nitrogen and oxygen atoms in total. The third kappa shape index (κ3) is 1.72. The summed E-state index contributed by atoms with van der Waals surface area (Å²) in [5.41, 5.74) is 0.246. The summed E-state index contributed by atoms with van der Waals surface area (Å²) >= 11 is 0. The molecule has 0 aromatic heterocycles. The lowest BCUT2D eigenvalue weighted by Crippen LogP contribution is -2.72. The second kappa shape index (κ2) is 4.70. The van der Waals surface area contributed by atoms with Gasteiger partial charge in [0.1, 0.15) is 0 Å². The number of aliphatic hydroxyl groups is 1. The van der Waals surface area contributed by atoms with Crippen molar-refractivity contribution in [1.82, 2.24) is 10.6 Å². The fourth-order valence-electron chi connectivity index (χ4n) is 3.93. The van der Waals surface area contributed by atoms with Crippen LogP contribution in [0.5, 0.6) is 0 Å². The SMILES string of the molecule is O=C(NCCCO)NC1C2CCOC2C12CCC2. The van der Waals surface area contributed by atoms with Gasteiger partial charge in [0.05, 0.1) is 6.10 Å². The molecule has 2 aliphatic carbocycles. The van der Waals surface area contributed by atoms with Crippen LogP contribution in [0, 0.1) is 11.3 Å². The van der Waals surface area contributed by atoms with Crippen LogP contribution in [0.15, 0.2) is 0 Å². The van der Waals surface area contributed by atoms with Crippen LogP contribution in [-0.4, -0.2) is 43.0 Å². The molecule has 3 fully saturated rings. The molecule has 3 aliphatic rings. The summed E-state index contributed by atoms with van der Waals surface area (Å²) in [7, 11) is 0. The fourth-order valence-corrected chi connectivity index (χ4v) is 3.93. The average Bonchev–Trinajstić information content (AvgIpc) is 2.70. The molecular formula is C13H22N2O3. The Balaban J connectivity index is 1.54. The minimum Gasteiger partial charge on any atom is -0.396 e. The number of nitrogens with one attached hydrogen (secondary N) is 2. The van der Waals surface area contributed by atoms with Gasteiger partial charge < -0.3 is 20.5 Å². The quantitative estimate of drug-likeness (QED) is 0.644. The number of hydrogen-bond acceptors (Lipinski definition) is 3. The first-order valence-corrected chi connectivity index (χ1v) is 7.05. The van der Waals surface area contributed by atoms with Crippen LogP contribution in [0.3, 0.4) is 0 Å². The normalized spacial score (nSPS) is 35.5. The Morgan fingerprint density at radius 1 is 1.44 bits per heavy atom. The monoisotopic (exact) mass is 254 g/mol. The maximum Gasteiger partial charge on any atom is 0.315 e. The highest BCUT2D eigenvalue weighted by Gasteiger charge is 2.66. The zero-order chi connectivity index (χ0) is 12.6. The first-order chi connectivity index (χ1) is 8.78. The third-order valence-electron chi connectivity index (χ3n) is 4.94. The van der Waals surface area contributed by atoms with Crippen LogP contribution >= 0.6 is 0 Å². The lowest BCUT2D eigenvalue weighted by Gasteiger charge is -2.63. The summed E-state index contributed by atoms with van der Waals surface area (Å²) in [6.45, 7) is 1.50. The Morgan fingerprint density at radius 3 is 2.94 bits per heavy atom. The second-order valence-corrected chi connectivity index (χ2v) is 5.79. The molecule has 1 spiro atoms. The molecule has 18 heavy (non-hydrogen) atoms. The van der Waals surface area contributed by atoms with Gasteiger partial charge in [0.15, 0.2) is 0 Å². The largest absolute Gasteiger partial charge is 0.396 e. The van der Waals surface area contributed by atoms with E-state index in [0.29, 0.717) is 31.0 Å². The summed E-state index contributed by atoms with van der Waals surface area (Å²) in [4.78, 5) is 11.8. The zero-order valence-electron chi connectivity index (χ0n) is 10.7. The number of aliphatic hydroxyl groups excluding tert-OH is 1. The van der Waals surface area contributed by atoms with Crippen molar-refractivity contribution in [2.45, 2.75) is 44.2 Å². The van der Waals surface area contributed by atoms with E-state index in [2.05, 4.69) is 10.6 Å². The molecule has 0 aromatic carbocycles. The highest BCUT2D eigenvalue weighted by Crippen LogP contribution is 2.62. The van der Waals surface area contributed by atoms with Gasteiger partial charge in [-0.25, -0.2) is 4.79 Å². The Hall–Kier alpha value is -0.810. The van der Waals surface area contributed by atoms with Crippen LogP contribution in [0.2, 0.25) is 0 Å². The standard InChI is InChI=1S/C13H22N2O3/c16-7-2-6-14-12(17)15-10-9-3-8-18-11(9)13(10)4-1-5-13/h9-11,16H,1-8H2,(H2,14,15,17). The van der Waals surface area contributed by atoms with E-state index in [1.807, 2.05) is 0 Å². The van der Waals surface area contributed by atoms with E-state index in [4.69, 9.17) is 9.84 Å². The van der Waals surface area contributed by atoms with Gasteiger partial charge in [-0.3, -0.25) is 0 Å². The van der Waals surface area contributed by atoms with E-state index in [9.17, 15) is 4.79 Å². The Kier molecular flexibility index (Phi) is 3.20. The predicted molar refractivity (Wildman–Crippen MR) is 66.2 cm³/mol. The van der Waals surface area contributed by atoms with Crippen molar-refractivity contribution < 1.29 is 14.6 Å². The molecule has 3 unspecified atom stereocenters. The first-order valence-electron chi connectivity index (χ1n) is 7.05. The fraction of sp³-hybridized carbons (Fsp3) is 0.923. The van der Waals surface area contributed by atoms with E-state index >= 15 is 0 Å². The number of hydrogen-bond donors (Lipinski definition) is 3. The molecule has 102 valence electrons. The number of rotatable bonds is 4. The summed E-state index contributed by atoms with van der Waals surface area (Å²) < 4.78 is 5.82. The molecular weight excluding hydrogens is 232 g/mol. The second-order valence-electron chi connectivity index (χ2n) is 5.79. The summed E-state index contributed by atoms with van der Waals surface area (Å²) in [5, 5.41) is 14.6. The van der Waals surface area contributed by atoms with Gasteiger partial charge in [0, 0.05) is 37.1 Å². The number of carbonyl (C=O) groups excluding carboxylic acids is 1. The van der Waals surface area contributed by atoms with E-state index in [1.54, 1.807) is 0 Å². The van der Waals surface area contributed by atoms with Crippen molar-refractivity contribution in [3.8, 4) is 0 Å². The Morgan fingerprint density at radius 2 is 2.28 bits per heavy atom. The van der Waals surface area contributed by atoms with Crippen molar-refractivity contribution in [3.63, 3.8) is 0 Å². The van der Waals surface area contributed by atoms with Crippen LogP contribution in [0.4, 0.5) is 4.79 Å². The molecule has 3 atom stereocenters. The molecule has 3 rings (SSSR count). The smallest absolute Gasteiger partial charge is 0.315 e. The van der Waals surface area contributed by atoms with Crippen molar-refractivity contribution in [2.24, 2.45) is 11.3 Å². The average molecular weight is 254 g/mol. The summed E-state index contributed by atoms with van der Waals surface area (Å²) in [6, 6.07) is 0.206. The van der Waals surface area contributed by atoms with Gasteiger partial charge >= 0.3 is 6.03 Å². The van der Waals surface area contributed by atoms with Crippen LogP contribution in [-0.2, 0) is 4.74 Å². The molecule has 1 heterocycles. The van der Waals surface area contributed by atoms with E-state index in [-0.39, 0.29) is 18.1 Å². The van der Waals surface area contributed by atoms with Crippen molar-refractivity contribution in [1.29, 1.82) is 0 Å². The maximum atomic E-state index is 11.8. The first kappa shape index (κ1) is 12.2. The molecule has 0 radical (unpaired) electrons. The highest BCUT2D eigenvalue weighted by atomic mass is 16.5. The molecule has 0 bridgehead atoms. The van der Waals surface area contributed by atoms with Crippen LogP contribution in [0.1, 0.15) is 32.1 Å². The lowest BCUT2D eigenvalue weighted by atomic mass is 9.46. The Bertz CT molecular complexity index is 330. The number of fused-ring (bicyclic) bond motifs is 2. The lowest BCUT2D eigenvalue weighted by molar-refractivity contribution is -0.172. The molecule has 2 amide bonds. The number of amides is 2. The molecule has 1 aliphatic heterocycles. The molecule has 5 heteroatoms. The number of carbonyl (C=O) groups is 1. The molecule has 0 aromatic rings. The van der Waals surface area contributed by atoms with Crippen molar-refractivity contribution >= 4 is 6.03 Å². The van der Waals surface area contributed by atoms with E-state index < -0.39 is 0 Å². The molecule has 2 saturated carbocycles. The van der Waals surface area contributed by atoms with Crippen molar-refractivity contribution in [3.05, 3.63) is 0 Å². The molecule has 3 N–H and O–H groups in total. The van der Waals surface area contributed by atoms with Crippen LogP contribution in [0.25, 0.3) is 0 Å². The predicted octanol–water partition coefficient (Wildman–Crippen LogP) is 0.626. The third-order valence-corrected chi connectivity index (χ3v) is 4.94. The Labute approximate surface area is 107 Å². The summed E-state index contributed by atoms with van der Waals surface area (Å²) in [5.74, 6) is 0.522. The highest BCUT2D eigenvalue weighted by molar-refractivity contribution is 5.74.